The Morgan fingerprint density at radius 2 is 1.75 bits per heavy atom. The van der Waals surface area contributed by atoms with Crippen molar-refractivity contribution >= 4 is 17.8 Å². The van der Waals surface area contributed by atoms with Gasteiger partial charge in [-0.25, -0.2) is 4.79 Å². The summed E-state index contributed by atoms with van der Waals surface area (Å²) in [6.45, 7) is 5.53. The third kappa shape index (κ3) is 1.60. The molecule has 88 valence electrons. The van der Waals surface area contributed by atoms with Gasteiger partial charge in [0.25, 0.3) is 0 Å². The Morgan fingerprint density at radius 3 is 2.25 bits per heavy atom. The fourth-order valence-corrected chi connectivity index (χ4v) is 1.74. The number of barbiturate groups is 1. The Kier molecular flexibility index (Phi) is 2.12. The van der Waals surface area contributed by atoms with Crippen molar-refractivity contribution in [1.82, 2.24) is 10.2 Å². The highest BCUT2D eigenvalue weighted by atomic mass is 16.2. The Bertz CT molecular complexity index is 383. The van der Waals surface area contributed by atoms with E-state index in [0.29, 0.717) is 6.54 Å². The monoisotopic (exact) mass is 224 g/mol. The van der Waals surface area contributed by atoms with Crippen LogP contribution >= 0.6 is 0 Å². The highest BCUT2D eigenvalue weighted by molar-refractivity contribution is 6.18. The van der Waals surface area contributed by atoms with Crippen LogP contribution < -0.4 is 5.32 Å². The minimum atomic E-state index is -1.14. The van der Waals surface area contributed by atoms with Gasteiger partial charge in [0.1, 0.15) is 5.41 Å². The maximum atomic E-state index is 12.0. The smallest absolute Gasteiger partial charge is 0.277 e. The van der Waals surface area contributed by atoms with E-state index in [0.717, 1.165) is 12.8 Å². The predicted octanol–water partition coefficient (Wildman–Crippen LogP) is 0.891. The van der Waals surface area contributed by atoms with Crippen LogP contribution in [0.5, 0.6) is 0 Å². The van der Waals surface area contributed by atoms with Crippen LogP contribution in [0.2, 0.25) is 0 Å². The minimum absolute atomic E-state index is 0.0590. The molecule has 1 saturated carbocycles. The predicted molar refractivity (Wildman–Crippen MR) is 56.4 cm³/mol. The lowest BCUT2D eigenvalue weighted by molar-refractivity contribution is -0.149. The molecule has 0 unspecified atom stereocenters. The number of carbonyl (C=O) groups excluding carboxylic acids is 3. The summed E-state index contributed by atoms with van der Waals surface area (Å²) < 4.78 is 0. The Hall–Kier alpha value is -1.39. The number of nitrogens with one attached hydrogen (secondary N) is 1. The molecule has 5 heteroatoms. The number of urea groups is 1. The molecular formula is C11H16N2O3. The van der Waals surface area contributed by atoms with E-state index in [1.165, 1.54) is 4.90 Å². The molecule has 4 amide bonds. The highest BCUT2D eigenvalue weighted by Crippen LogP contribution is 2.46. The van der Waals surface area contributed by atoms with Crippen LogP contribution in [-0.4, -0.2) is 29.3 Å². The van der Waals surface area contributed by atoms with Gasteiger partial charge in [-0.2, -0.15) is 0 Å². The van der Waals surface area contributed by atoms with Crippen LogP contribution in [-0.2, 0) is 9.59 Å². The first kappa shape index (κ1) is 11.1. The van der Waals surface area contributed by atoms with E-state index in [4.69, 9.17) is 0 Å². The van der Waals surface area contributed by atoms with Crippen LogP contribution in [0.1, 0.15) is 33.6 Å². The second-order valence-electron chi connectivity index (χ2n) is 5.59. The SMILES string of the molecule is CC1(CN2C(=O)NC(=O)C(C)(C)C2=O)CC1. The van der Waals surface area contributed by atoms with E-state index in [-0.39, 0.29) is 5.41 Å². The summed E-state index contributed by atoms with van der Waals surface area (Å²) in [7, 11) is 0. The van der Waals surface area contributed by atoms with Crippen LogP contribution in [0.3, 0.4) is 0 Å². The van der Waals surface area contributed by atoms with Crippen molar-refractivity contribution in [3.63, 3.8) is 0 Å². The topological polar surface area (TPSA) is 66.5 Å². The summed E-state index contributed by atoms with van der Waals surface area (Å²) in [6.07, 6.45) is 2.05. The van der Waals surface area contributed by atoms with Crippen molar-refractivity contribution < 1.29 is 14.4 Å². The zero-order valence-corrected chi connectivity index (χ0v) is 9.79. The second-order valence-corrected chi connectivity index (χ2v) is 5.59. The molecule has 1 aliphatic carbocycles. The average molecular weight is 224 g/mol. The Labute approximate surface area is 94.2 Å². The maximum absolute atomic E-state index is 12.0. The summed E-state index contributed by atoms with van der Waals surface area (Å²) in [5.41, 5.74) is -1.08. The zero-order valence-electron chi connectivity index (χ0n) is 9.79. The minimum Gasteiger partial charge on any atom is -0.277 e. The van der Waals surface area contributed by atoms with Crippen molar-refractivity contribution in [2.24, 2.45) is 10.8 Å². The van der Waals surface area contributed by atoms with Gasteiger partial charge in [0.2, 0.25) is 11.8 Å². The summed E-state index contributed by atoms with van der Waals surface area (Å²) in [5.74, 6) is -0.908. The molecule has 2 aliphatic rings. The largest absolute Gasteiger partial charge is 0.330 e. The van der Waals surface area contributed by atoms with Gasteiger partial charge in [0.05, 0.1) is 0 Å². The van der Waals surface area contributed by atoms with Gasteiger partial charge in [0.15, 0.2) is 0 Å². The third-order valence-electron chi connectivity index (χ3n) is 3.46. The van der Waals surface area contributed by atoms with Gasteiger partial charge in [-0.1, -0.05) is 6.92 Å². The lowest BCUT2D eigenvalue weighted by Crippen LogP contribution is -2.62. The fraction of sp³-hybridized carbons (Fsp3) is 0.727. The van der Waals surface area contributed by atoms with E-state index in [2.05, 4.69) is 5.32 Å². The zero-order chi connectivity index (χ0) is 12.1. The number of rotatable bonds is 2. The van der Waals surface area contributed by atoms with E-state index in [9.17, 15) is 14.4 Å². The molecule has 1 N–H and O–H groups in total. The normalized spacial score (nSPS) is 26.7. The van der Waals surface area contributed by atoms with Gasteiger partial charge in [0, 0.05) is 6.54 Å². The molecule has 1 heterocycles. The number of amides is 4. The van der Waals surface area contributed by atoms with E-state index < -0.39 is 23.3 Å². The molecule has 0 bridgehead atoms. The summed E-state index contributed by atoms with van der Waals surface area (Å²) >= 11 is 0. The van der Waals surface area contributed by atoms with Crippen molar-refractivity contribution in [2.45, 2.75) is 33.6 Å². The lowest BCUT2D eigenvalue weighted by atomic mass is 9.88. The summed E-state index contributed by atoms with van der Waals surface area (Å²) in [6, 6.07) is -0.581. The first-order valence-electron chi connectivity index (χ1n) is 5.44. The summed E-state index contributed by atoms with van der Waals surface area (Å²) in [4.78, 5) is 36.3. The third-order valence-corrected chi connectivity index (χ3v) is 3.46. The molecule has 2 rings (SSSR count). The van der Waals surface area contributed by atoms with Gasteiger partial charge >= 0.3 is 6.03 Å². The first-order valence-corrected chi connectivity index (χ1v) is 5.44. The molecule has 0 aromatic rings. The number of carbonyl (C=O) groups is 3. The molecule has 0 radical (unpaired) electrons. The van der Waals surface area contributed by atoms with E-state index in [1.54, 1.807) is 13.8 Å². The van der Waals surface area contributed by atoms with E-state index >= 15 is 0 Å². The quantitative estimate of drug-likeness (QED) is 0.708. The Balaban J connectivity index is 2.21. The molecule has 1 saturated heterocycles. The van der Waals surface area contributed by atoms with Crippen LogP contribution in [0.4, 0.5) is 4.79 Å². The first-order chi connectivity index (χ1) is 7.26. The van der Waals surface area contributed by atoms with Crippen LogP contribution in [0.15, 0.2) is 0 Å². The van der Waals surface area contributed by atoms with Crippen molar-refractivity contribution in [3.8, 4) is 0 Å². The number of nitrogens with zero attached hydrogens (tertiary/aromatic N) is 1. The van der Waals surface area contributed by atoms with Gasteiger partial charge < -0.3 is 0 Å². The number of hydrogen-bond donors (Lipinski definition) is 1. The highest BCUT2D eigenvalue weighted by Gasteiger charge is 2.50. The molecular weight excluding hydrogens is 208 g/mol. The fourth-order valence-electron chi connectivity index (χ4n) is 1.74. The standard InChI is InChI=1S/C11H16N2O3/c1-10(2)7(14)12-9(16)13(8(10)15)6-11(3)4-5-11/h4-6H2,1-3H3,(H,12,14,16). The molecule has 0 aromatic heterocycles. The maximum Gasteiger partial charge on any atom is 0.330 e. The number of imide groups is 2. The van der Waals surface area contributed by atoms with Crippen LogP contribution in [0, 0.1) is 10.8 Å². The van der Waals surface area contributed by atoms with Crippen molar-refractivity contribution in [2.75, 3.05) is 6.54 Å². The average Bonchev–Trinajstić information content (AvgIpc) is 2.90. The van der Waals surface area contributed by atoms with Crippen LogP contribution in [0.25, 0.3) is 0 Å². The molecule has 0 spiro atoms. The van der Waals surface area contributed by atoms with E-state index in [1.807, 2.05) is 6.92 Å². The van der Waals surface area contributed by atoms with Gasteiger partial charge in [-0.15, -0.1) is 0 Å². The molecule has 0 aromatic carbocycles. The van der Waals surface area contributed by atoms with Gasteiger partial charge in [-0.3, -0.25) is 19.8 Å². The lowest BCUT2D eigenvalue weighted by Gasteiger charge is -2.35. The van der Waals surface area contributed by atoms with Gasteiger partial charge in [-0.05, 0) is 32.1 Å². The second kappa shape index (κ2) is 3.06. The molecule has 16 heavy (non-hydrogen) atoms. The molecule has 2 fully saturated rings. The molecule has 1 aliphatic heterocycles. The molecule has 0 atom stereocenters. The van der Waals surface area contributed by atoms with Crippen molar-refractivity contribution in [1.29, 1.82) is 0 Å². The number of hydrogen-bond acceptors (Lipinski definition) is 3. The molecule has 5 nitrogen and oxygen atoms in total. The Morgan fingerprint density at radius 1 is 1.19 bits per heavy atom. The summed E-state index contributed by atoms with van der Waals surface area (Å²) in [5, 5.41) is 2.23. The van der Waals surface area contributed by atoms with Crippen molar-refractivity contribution in [3.05, 3.63) is 0 Å².